The number of aliphatic hydroxyl groups is 2. The van der Waals surface area contributed by atoms with Crippen LogP contribution >= 0.6 is 0 Å². The van der Waals surface area contributed by atoms with Crippen LogP contribution in [0.15, 0.2) is 78.9 Å². The number of alkyl halides is 9. The van der Waals surface area contributed by atoms with Crippen molar-refractivity contribution in [2.45, 2.75) is 62.3 Å². The molecule has 0 spiro atoms. The molecule has 0 heterocycles. The molecule has 0 aliphatic rings. The molecule has 1 unspecified atom stereocenters. The molecule has 3 aromatic carbocycles. The van der Waals surface area contributed by atoms with Crippen molar-refractivity contribution >= 4 is 5.57 Å². The van der Waals surface area contributed by atoms with Crippen LogP contribution in [-0.4, -0.2) is 55.3 Å². The van der Waals surface area contributed by atoms with Crippen molar-refractivity contribution in [3.05, 3.63) is 95.6 Å². The van der Waals surface area contributed by atoms with E-state index in [-0.39, 0.29) is 23.8 Å². The molecular weight excluding hydrogens is 611 g/mol. The van der Waals surface area contributed by atoms with Gasteiger partial charge < -0.3 is 25.5 Å². The number of hydrogen-bond acceptors (Lipinski definition) is 5. The van der Waals surface area contributed by atoms with Gasteiger partial charge in [0.2, 0.25) is 0 Å². The van der Waals surface area contributed by atoms with Gasteiger partial charge in [-0.3, -0.25) is 0 Å². The van der Waals surface area contributed by atoms with Gasteiger partial charge >= 0.3 is 18.5 Å². The van der Waals surface area contributed by atoms with E-state index in [9.17, 15) is 59.9 Å². The lowest BCUT2D eigenvalue weighted by molar-refractivity contribution is -0.347. The van der Waals surface area contributed by atoms with Gasteiger partial charge in [0.05, 0.1) is 0 Å². The summed E-state index contributed by atoms with van der Waals surface area (Å²) in [5.74, 6) is 0.0769. The minimum absolute atomic E-state index is 0.151. The first-order valence-electron chi connectivity index (χ1n) is 12.6. The first-order valence-corrected chi connectivity index (χ1v) is 12.6. The van der Waals surface area contributed by atoms with Gasteiger partial charge in [0.1, 0.15) is 17.2 Å². The Bertz CT molecular complexity index is 1340. The van der Waals surface area contributed by atoms with Gasteiger partial charge in [-0.1, -0.05) is 50.2 Å². The topological polar surface area (TPSA) is 101 Å². The Balaban J connectivity index is 0.000000338. The van der Waals surface area contributed by atoms with Crippen LogP contribution in [0, 0.1) is 0 Å². The minimum Gasteiger partial charge on any atom is -0.508 e. The molecule has 0 radical (unpaired) electrons. The summed E-state index contributed by atoms with van der Waals surface area (Å²) in [5, 5.41) is 46.4. The van der Waals surface area contributed by atoms with Crippen LogP contribution in [0.3, 0.4) is 0 Å². The number of halogens is 9. The van der Waals surface area contributed by atoms with Crippen LogP contribution < -0.4 is 0 Å². The number of rotatable bonds is 6. The Kier molecular flexibility index (Phi) is 10.4. The van der Waals surface area contributed by atoms with E-state index in [1.54, 1.807) is 24.3 Å². The maximum absolute atomic E-state index is 12.9. The first-order chi connectivity index (χ1) is 19.8. The first kappa shape index (κ1) is 36.3. The van der Waals surface area contributed by atoms with Crippen molar-refractivity contribution in [3.63, 3.8) is 0 Å². The van der Waals surface area contributed by atoms with Gasteiger partial charge in [-0.25, -0.2) is 0 Å². The van der Waals surface area contributed by atoms with Crippen LogP contribution in [0.1, 0.15) is 43.9 Å². The highest BCUT2D eigenvalue weighted by Gasteiger charge is 2.69. The van der Waals surface area contributed by atoms with Crippen molar-refractivity contribution in [1.29, 1.82) is 0 Å². The highest BCUT2D eigenvalue weighted by Crippen LogP contribution is 2.47. The van der Waals surface area contributed by atoms with E-state index in [0.717, 1.165) is 35.4 Å². The van der Waals surface area contributed by atoms with Crippen molar-refractivity contribution in [3.8, 4) is 17.2 Å². The molecule has 5 nitrogen and oxygen atoms in total. The van der Waals surface area contributed by atoms with E-state index in [1.165, 1.54) is 0 Å². The molecule has 5 N–H and O–H groups in total. The normalized spacial score (nSPS) is 14.8. The quantitative estimate of drug-likeness (QED) is 0.177. The molecule has 0 saturated heterocycles. The van der Waals surface area contributed by atoms with Crippen LogP contribution in [0.2, 0.25) is 0 Å². The van der Waals surface area contributed by atoms with Crippen LogP contribution in [0.4, 0.5) is 39.5 Å². The SMILES string of the molecule is CC(C)(c1ccc(O)cc1)c1ccc(O)cc1.CC(O)(C/C(=C\C(O)(C(F)(F)F)C(F)(F)F)c1ccc(O)cc1)C(F)(F)F. The summed E-state index contributed by atoms with van der Waals surface area (Å²) in [5.41, 5.74) is -8.95. The summed E-state index contributed by atoms with van der Waals surface area (Å²) in [7, 11) is 0. The van der Waals surface area contributed by atoms with E-state index >= 15 is 0 Å². The monoisotopic (exact) mass is 640 g/mol. The predicted molar refractivity (Wildman–Crippen MR) is 143 cm³/mol. The maximum atomic E-state index is 12.9. The molecule has 0 bridgehead atoms. The fraction of sp³-hybridized carbons (Fsp3) is 0.333. The predicted octanol–water partition coefficient (Wildman–Crippen LogP) is 7.76. The lowest BCUT2D eigenvalue weighted by Gasteiger charge is -2.32. The molecule has 242 valence electrons. The summed E-state index contributed by atoms with van der Waals surface area (Å²) in [6, 6.07) is 17.5. The van der Waals surface area contributed by atoms with Gasteiger partial charge in [0.25, 0.3) is 5.60 Å². The number of benzene rings is 3. The Hall–Kier alpha value is -3.91. The molecule has 0 aliphatic heterocycles. The second-order valence-electron chi connectivity index (χ2n) is 10.6. The smallest absolute Gasteiger partial charge is 0.430 e. The summed E-state index contributed by atoms with van der Waals surface area (Å²) < 4.78 is 116. The van der Waals surface area contributed by atoms with Crippen molar-refractivity contribution in [2.24, 2.45) is 0 Å². The zero-order valence-electron chi connectivity index (χ0n) is 23.4. The number of phenolic OH excluding ortho intramolecular Hbond substituents is 3. The van der Waals surface area contributed by atoms with E-state index in [4.69, 9.17) is 5.11 Å². The fourth-order valence-electron chi connectivity index (χ4n) is 3.88. The second kappa shape index (κ2) is 12.6. The van der Waals surface area contributed by atoms with E-state index < -0.39 is 59.1 Å². The van der Waals surface area contributed by atoms with Gasteiger partial charge in [0.15, 0.2) is 5.60 Å². The third-order valence-electron chi connectivity index (χ3n) is 6.81. The Morgan fingerprint density at radius 1 is 0.545 bits per heavy atom. The zero-order chi connectivity index (χ0) is 33.9. The zero-order valence-corrected chi connectivity index (χ0v) is 23.4. The van der Waals surface area contributed by atoms with Crippen molar-refractivity contribution < 1.29 is 65.0 Å². The lowest BCUT2D eigenvalue weighted by Crippen LogP contribution is -2.55. The highest BCUT2D eigenvalue weighted by molar-refractivity contribution is 5.68. The highest BCUT2D eigenvalue weighted by atomic mass is 19.4. The number of aromatic hydroxyl groups is 3. The van der Waals surface area contributed by atoms with E-state index in [2.05, 4.69) is 13.8 Å². The van der Waals surface area contributed by atoms with E-state index in [0.29, 0.717) is 0 Å². The molecular formula is C30H29F9O5. The maximum Gasteiger partial charge on any atom is 0.430 e. The Morgan fingerprint density at radius 2 is 0.864 bits per heavy atom. The standard InChI is InChI=1S/C15H13F9O3.C15H16O2/c1-11(26,13(16,17)18)6-9(8-2-4-10(25)5-3-8)7-12(27,14(19,20)21)15(22,23)24;1-15(2,11-3-7-13(16)8-4-11)12-5-9-14(17)10-6-12/h2-5,7,25-27H,6H2,1H3;3-10,16-17H,1-2H3/b9-7+;. The number of hydrogen-bond donors (Lipinski definition) is 5. The van der Waals surface area contributed by atoms with Gasteiger partial charge in [-0.05, 0) is 71.7 Å². The third kappa shape index (κ3) is 8.38. The molecule has 44 heavy (non-hydrogen) atoms. The Morgan fingerprint density at radius 3 is 1.16 bits per heavy atom. The van der Waals surface area contributed by atoms with Crippen LogP contribution in [-0.2, 0) is 5.41 Å². The largest absolute Gasteiger partial charge is 0.508 e. The van der Waals surface area contributed by atoms with Crippen LogP contribution in [0.5, 0.6) is 17.2 Å². The van der Waals surface area contributed by atoms with Crippen molar-refractivity contribution in [2.75, 3.05) is 0 Å². The van der Waals surface area contributed by atoms with Gasteiger partial charge in [-0.15, -0.1) is 0 Å². The summed E-state index contributed by atoms with van der Waals surface area (Å²) in [4.78, 5) is 0. The lowest BCUT2D eigenvalue weighted by atomic mass is 9.78. The summed E-state index contributed by atoms with van der Waals surface area (Å²) in [6.07, 6.45) is -20.6. The van der Waals surface area contributed by atoms with Crippen molar-refractivity contribution in [1.82, 2.24) is 0 Å². The molecule has 14 heteroatoms. The van der Waals surface area contributed by atoms with Gasteiger partial charge in [-0.2, -0.15) is 39.5 Å². The minimum atomic E-state index is -6.31. The fourth-order valence-corrected chi connectivity index (χ4v) is 3.88. The summed E-state index contributed by atoms with van der Waals surface area (Å²) >= 11 is 0. The third-order valence-corrected chi connectivity index (χ3v) is 6.81. The molecule has 1 atom stereocenters. The molecule has 0 amide bonds. The average Bonchev–Trinajstić information content (AvgIpc) is 2.87. The average molecular weight is 641 g/mol. The van der Waals surface area contributed by atoms with Gasteiger partial charge in [0, 0.05) is 11.8 Å². The summed E-state index contributed by atoms with van der Waals surface area (Å²) in [6.45, 7) is 4.39. The molecule has 3 rings (SSSR count). The number of phenols is 3. The van der Waals surface area contributed by atoms with E-state index in [1.807, 2.05) is 24.3 Å². The molecule has 0 saturated carbocycles. The molecule has 3 aromatic rings. The molecule has 0 fully saturated rings. The van der Waals surface area contributed by atoms with Crippen LogP contribution in [0.25, 0.3) is 5.57 Å². The second-order valence-corrected chi connectivity index (χ2v) is 10.6. The molecule has 0 aromatic heterocycles. The molecule has 0 aliphatic carbocycles. The Labute approximate surface area is 246 Å².